The van der Waals surface area contributed by atoms with Crippen molar-refractivity contribution in [2.24, 2.45) is 0 Å². The SMILES string of the molecule is CC(C)(C)N1C(=O)/C(=C\c2cccc(Br)c2)SC1=S. The van der Waals surface area contributed by atoms with Crippen LogP contribution in [-0.4, -0.2) is 20.7 Å². The van der Waals surface area contributed by atoms with E-state index in [2.05, 4.69) is 15.9 Å². The Kier molecular flexibility index (Phi) is 4.18. The molecule has 1 fully saturated rings. The van der Waals surface area contributed by atoms with E-state index in [9.17, 15) is 4.79 Å². The monoisotopic (exact) mass is 355 g/mol. The van der Waals surface area contributed by atoms with Gasteiger partial charge in [0.25, 0.3) is 5.91 Å². The van der Waals surface area contributed by atoms with Crippen molar-refractivity contribution < 1.29 is 4.79 Å². The molecule has 1 heterocycles. The molecule has 0 spiro atoms. The topological polar surface area (TPSA) is 20.3 Å². The van der Waals surface area contributed by atoms with Crippen molar-refractivity contribution in [3.05, 3.63) is 39.2 Å². The number of hydrogen-bond acceptors (Lipinski definition) is 3. The van der Waals surface area contributed by atoms with E-state index in [4.69, 9.17) is 12.2 Å². The van der Waals surface area contributed by atoms with Crippen LogP contribution in [0.3, 0.4) is 0 Å². The number of amides is 1. The molecule has 2 nitrogen and oxygen atoms in total. The standard InChI is InChI=1S/C14H14BrNOS2/c1-14(2,3)16-12(17)11(19-13(16)18)8-9-5-4-6-10(15)7-9/h4-8H,1-3H3/b11-8+. The molecular weight excluding hydrogens is 342 g/mol. The number of hydrogen-bond donors (Lipinski definition) is 0. The molecule has 0 unspecified atom stereocenters. The molecule has 1 amide bonds. The van der Waals surface area contributed by atoms with Gasteiger partial charge in [0, 0.05) is 10.0 Å². The third-order valence-corrected chi connectivity index (χ3v) is 4.41. The molecule has 0 N–H and O–H groups in total. The van der Waals surface area contributed by atoms with Gasteiger partial charge < -0.3 is 0 Å². The Hall–Kier alpha value is -0.650. The molecular formula is C14H14BrNOS2. The fourth-order valence-electron chi connectivity index (χ4n) is 1.79. The Morgan fingerprint density at radius 2 is 2.05 bits per heavy atom. The number of thiocarbonyl (C=S) groups is 1. The smallest absolute Gasteiger partial charge is 0.266 e. The first kappa shape index (κ1) is 14.8. The van der Waals surface area contributed by atoms with E-state index in [1.807, 2.05) is 51.1 Å². The maximum absolute atomic E-state index is 12.4. The molecule has 2 rings (SSSR count). The Morgan fingerprint density at radius 1 is 1.37 bits per heavy atom. The Morgan fingerprint density at radius 3 is 2.58 bits per heavy atom. The van der Waals surface area contributed by atoms with Crippen LogP contribution >= 0.6 is 39.9 Å². The number of thioether (sulfide) groups is 1. The zero-order chi connectivity index (χ0) is 14.2. The molecule has 0 bridgehead atoms. The third kappa shape index (κ3) is 3.27. The number of carbonyl (C=O) groups is 1. The number of halogens is 1. The first-order chi connectivity index (χ1) is 8.79. The molecule has 1 aromatic carbocycles. The van der Waals surface area contributed by atoms with E-state index < -0.39 is 0 Å². The maximum Gasteiger partial charge on any atom is 0.266 e. The molecule has 100 valence electrons. The number of nitrogens with zero attached hydrogens (tertiary/aromatic N) is 1. The van der Waals surface area contributed by atoms with E-state index in [0.29, 0.717) is 9.23 Å². The van der Waals surface area contributed by atoms with Crippen LogP contribution in [0.15, 0.2) is 33.6 Å². The summed E-state index contributed by atoms with van der Waals surface area (Å²) in [5, 5.41) is 0. The minimum atomic E-state index is -0.284. The summed E-state index contributed by atoms with van der Waals surface area (Å²) in [6, 6.07) is 7.84. The van der Waals surface area contributed by atoms with Gasteiger partial charge in [0.2, 0.25) is 0 Å². The van der Waals surface area contributed by atoms with Gasteiger partial charge in [-0.3, -0.25) is 9.69 Å². The van der Waals surface area contributed by atoms with Crippen LogP contribution < -0.4 is 0 Å². The summed E-state index contributed by atoms with van der Waals surface area (Å²) in [6.45, 7) is 5.96. The zero-order valence-electron chi connectivity index (χ0n) is 10.9. The van der Waals surface area contributed by atoms with Crippen LogP contribution in [0.25, 0.3) is 6.08 Å². The summed E-state index contributed by atoms with van der Waals surface area (Å²) in [4.78, 5) is 14.7. The molecule has 5 heteroatoms. The predicted molar refractivity (Wildman–Crippen MR) is 88.9 cm³/mol. The third-order valence-electron chi connectivity index (χ3n) is 2.61. The summed E-state index contributed by atoms with van der Waals surface area (Å²) in [5.41, 5.74) is 0.706. The lowest BCUT2D eigenvalue weighted by atomic mass is 10.1. The molecule has 1 aliphatic rings. The lowest BCUT2D eigenvalue weighted by Crippen LogP contribution is -2.44. The van der Waals surface area contributed by atoms with E-state index in [1.165, 1.54) is 11.8 Å². The summed E-state index contributed by atoms with van der Waals surface area (Å²) in [5.74, 6) is -0.0116. The minimum absolute atomic E-state index is 0.0116. The van der Waals surface area contributed by atoms with Gasteiger partial charge >= 0.3 is 0 Å². The highest BCUT2D eigenvalue weighted by molar-refractivity contribution is 9.10. The zero-order valence-corrected chi connectivity index (χ0v) is 14.2. The molecule has 0 radical (unpaired) electrons. The normalized spacial score (nSPS) is 18.5. The van der Waals surface area contributed by atoms with Crippen LogP contribution in [-0.2, 0) is 4.79 Å². The summed E-state index contributed by atoms with van der Waals surface area (Å²) in [6.07, 6.45) is 1.88. The lowest BCUT2D eigenvalue weighted by molar-refractivity contribution is -0.125. The van der Waals surface area contributed by atoms with Gasteiger partial charge in [-0.2, -0.15) is 0 Å². The van der Waals surface area contributed by atoms with Crippen molar-refractivity contribution in [1.82, 2.24) is 4.90 Å². The summed E-state index contributed by atoms with van der Waals surface area (Å²) >= 11 is 10.1. The van der Waals surface area contributed by atoms with Crippen molar-refractivity contribution in [3.8, 4) is 0 Å². The number of rotatable bonds is 1. The second-order valence-electron chi connectivity index (χ2n) is 5.24. The molecule has 1 saturated heterocycles. The second-order valence-corrected chi connectivity index (χ2v) is 7.83. The highest BCUT2D eigenvalue weighted by atomic mass is 79.9. The van der Waals surface area contributed by atoms with E-state index in [1.54, 1.807) is 4.90 Å². The maximum atomic E-state index is 12.4. The lowest BCUT2D eigenvalue weighted by Gasteiger charge is -2.30. The van der Waals surface area contributed by atoms with Crippen molar-refractivity contribution in [2.45, 2.75) is 26.3 Å². The van der Waals surface area contributed by atoms with Gasteiger partial charge in [-0.1, -0.05) is 52.0 Å². The highest BCUT2D eigenvalue weighted by Crippen LogP contribution is 2.36. The molecule has 0 aliphatic carbocycles. The second kappa shape index (κ2) is 5.38. The van der Waals surface area contributed by atoms with Crippen molar-refractivity contribution in [2.75, 3.05) is 0 Å². The Balaban J connectivity index is 2.34. The van der Waals surface area contributed by atoms with E-state index >= 15 is 0 Å². The van der Waals surface area contributed by atoms with Crippen LogP contribution in [0.5, 0.6) is 0 Å². The van der Waals surface area contributed by atoms with Gasteiger partial charge in [-0.15, -0.1) is 0 Å². The van der Waals surface area contributed by atoms with Gasteiger partial charge in [-0.05, 0) is 44.5 Å². The summed E-state index contributed by atoms with van der Waals surface area (Å²) < 4.78 is 1.62. The Bertz CT molecular complexity index is 575. The quantitative estimate of drug-likeness (QED) is 0.548. The molecule has 0 saturated carbocycles. The fraction of sp³-hybridized carbons (Fsp3) is 0.286. The molecule has 19 heavy (non-hydrogen) atoms. The Labute approximate surface area is 131 Å². The molecule has 1 aliphatic heterocycles. The summed E-state index contributed by atoms with van der Waals surface area (Å²) in [7, 11) is 0. The van der Waals surface area contributed by atoms with E-state index in [-0.39, 0.29) is 11.4 Å². The van der Waals surface area contributed by atoms with Crippen molar-refractivity contribution in [1.29, 1.82) is 0 Å². The minimum Gasteiger partial charge on any atom is -0.288 e. The van der Waals surface area contributed by atoms with Gasteiger partial charge in [0.1, 0.15) is 4.32 Å². The largest absolute Gasteiger partial charge is 0.288 e. The number of carbonyl (C=O) groups excluding carboxylic acids is 1. The average molecular weight is 356 g/mol. The van der Waals surface area contributed by atoms with Crippen LogP contribution in [0, 0.1) is 0 Å². The van der Waals surface area contributed by atoms with Crippen LogP contribution in [0.1, 0.15) is 26.3 Å². The van der Waals surface area contributed by atoms with Crippen LogP contribution in [0.4, 0.5) is 0 Å². The fourth-order valence-corrected chi connectivity index (χ4v) is 3.85. The van der Waals surface area contributed by atoms with Crippen molar-refractivity contribution >= 4 is 56.2 Å². The number of benzene rings is 1. The molecule has 1 aromatic rings. The first-order valence-corrected chi connectivity index (χ1v) is 7.84. The van der Waals surface area contributed by atoms with Gasteiger partial charge in [0.05, 0.1) is 4.91 Å². The predicted octanol–water partition coefficient (Wildman–Crippen LogP) is 4.45. The first-order valence-electron chi connectivity index (χ1n) is 5.83. The van der Waals surface area contributed by atoms with Gasteiger partial charge in [-0.25, -0.2) is 0 Å². The highest BCUT2D eigenvalue weighted by Gasteiger charge is 2.38. The molecule has 0 aromatic heterocycles. The van der Waals surface area contributed by atoms with Gasteiger partial charge in [0.15, 0.2) is 0 Å². The average Bonchev–Trinajstić information content (AvgIpc) is 2.53. The van der Waals surface area contributed by atoms with E-state index in [0.717, 1.165) is 10.0 Å². The van der Waals surface area contributed by atoms with Crippen molar-refractivity contribution in [3.63, 3.8) is 0 Å². The van der Waals surface area contributed by atoms with Crippen LogP contribution in [0.2, 0.25) is 0 Å². The molecule has 0 atom stereocenters.